The van der Waals surface area contributed by atoms with Crippen LogP contribution in [0, 0.1) is 0 Å². The monoisotopic (exact) mass is 252 g/mol. The van der Waals surface area contributed by atoms with Gasteiger partial charge in [0.15, 0.2) is 0 Å². The Morgan fingerprint density at radius 1 is 1.00 bits per heavy atom. The molecule has 0 radical (unpaired) electrons. The van der Waals surface area contributed by atoms with Gasteiger partial charge in [-0.05, 0) is 0 Å². The van der Waals surface area contributed by atoms with Crippen molar-refractivity contribution in [2.45, 2.75) is 44.8 Å². The van der Waals surface area contributed by atoms with Crippen molar-refractivity contribution in [1.82, 2.24) is 0 Å². The first kappa shape index (κ1) is 11.6. The molecule has 2 aliphatic carbocycles. The van der Waals surface area contributed by atoms with Crippen LogP contribution in [0.5, 0.6) is 0 Å². The predicted molar refractivity (Wildman–Crippen MR) is 73.1 cm³/mol. The second-order valence-electron chi connectivity index (χ2n) is 5.11. The number of rotatable bonds is 6. The zero-order chi connectivity index (χ0) is 11.7. The van der Waals surface area contributed by atoms with Gasteiger partial charge in [0.1, 0.15) is 0 Å². The number of hydrogen-bond acceptors (Lipinski definition) is 2. The van der Waals surface area contributed by atoms with Crippen LogP contribution < -0.4 is 5.30 Å². The van der Waals surface area contributed by atoms with Crippen molar-refractivity contribution >= 4 is 13.0 Å². The Hall–Kier alpha value is -0.430. The van der Waals surface area contributed by atoms with Gasteiger partial charge in [-0.1, -0.05) is 0 Å². The Morgan fingerprint density at radius 2 is 1.53 bits per heavy atom. The summed E-state index contributed by atoms with van der Waals surface area (Å²) in [6, 6.07) is 10.6. The van der Waals surface area contributed by atoms with Crippen LogP contribution in [-0.2, 0) is 9.05 Å². The van der Waals surface area contributed by atoms with E-state index in [-0.39, 0.29) is 0 Å². The van der Waals surface area contributed by atoms with Crippen LogP contribution >= 0.6 is 7.72 Å². The van der Waals surface area contributed by atoms with Crippen molar-refractivity contribution < 1.29 is 9.05 Å². The second kappa shape index (κ2) is 4.68. The van der Waals surface area contributed by atoms with Gasteiger partial charge in [-0.3, -0.25) is 0 Å². The molecule has 0 bridgehead atoms. The Kier molecular flexibility index (Phi) is 3.21. The van der Waals surface area contributed by atoms with Crippen LogP contribution in [0.2, 0.25) is 0 Å². The maximum absolute atomic E-state index is 6.35. The molecule has 0 unspecified atom stereocenters. The average Bonchev–Trinajstić information content (AvgIpc) is 3.25. The minimum atomic E-state index is -2.15. The summed E-state index contributed by atoms with van der Waals surface area (Å²) in [5.74, 6) is 0. The van der Waals surface area contributed by atoms with Crippen LogP contribution in [0.3, 0.4) is 0 Å². The Labute approximate surface area is 104 Å². The molecule has 2 aliphatic rings. The molecule has 3 heteroatoms. The summed E-state index contributed by atoms with van der Waals surface area (Å²) in [6.07, 6.45) is 6.83. The third kappa shape index (κ3) is 2.70. The molecule has 3 rings (SSSR count). The fourth-order valence-electron chi connectivity index (χ4n) is 2.14. The first-order valence-electron chi connectivity index (χ1n) is 6.73. The molecule has 2 fully saturated rings. The van der Waals surface area contributed by atoms with Crippen molar-refractivity contribution in [3.63, 3.8) is 0 Å². The summed E-state index contributed by atoms with van der Waals surface area (Å²) >= 11 is 0. The molecule has 1 aromatic carbocycles. The molecule has 17 heavy (non-hydrogen) atoms. The van der Waals surface area contributed by atoms with Crippen molar-refractivity contribution in [3.8, 4) is 0 Å². The summed E-state index contributed by atoms with van der Waals surface area (Å²) in [5.41, 5.74) is 0. The molecule has 2 nitrogen and oxygen atoms in total. The quantitative estimate of drug-likeness (QED) is 0.723. The molecule has 0 heterocycles. The summed E-state index contributed by atoms with van der Waals surface area (Å²) < 4.78 is 12.7. The summed E-state index contributed by atoms with van der Waals surface area (Å²) in [7, 11) is -2.15. The molecule has 0 atom stereocenters. The van der Waals surface area contributed by atoms with Gasteiger partial charge < -0.3 is 0 Å². The van der Waals surface area contributed by atoms with Gasteiger partial charge in [0.05, 0.1) is 0 Å². The molecule has 0 aliphatic heterocycles. The van der Waals surface area contributed by atoms with E-state index in [0.29, 0.717) is 12.2 Å². The molecule has 94 valence electrons. The third-order valence-corrected chi connectivity index (χ3v) is 7.01. The van der Waals surface area contributed by atoms with Gasteiger partial charge in [0.25, 0.3) is 0 Å². The molecule has 2 saturated carbocycles. The molecular weight excluding hydrogens is 231 g/mol. The summed E-state index contributed by atoms with van der Waals surface area (Å²) in [5, 5.41) is 1.31. The van der Waals surface area contributed by atoms with Gasteiger partial charge >= 0.3 is 103 Å². The molecule has 0 N–H and O–H groups in total. The maximum atomic E-state index is 6.35. The molecule has 0 spiro atoms. The van der Waals surface area contributed by atoms with E-state index in [1.807, 2.05) is 0 Å². The van der Waals surface area contributed by atoms with Crippen molar-refractivity contribution in [2.24, 2.45) is 0 Å². The SMILES string of the molecule is CC[PH](OC1CC1)(OC1CC1)c1ccccc1. The van der Waals surface area contributed by atoms with E-state index in [9.17, 15) is 0 Å². The van der Waals surface area contributed by atoms with Gasteiger partial charge in [0.2, 0.25) is 0 Å². The van der Waals surface area contributed by atoms with E-state index in [1.54, 1.807) is 0 Å². The number of hydrogen-bond donors (Lipinski definition) is 0. The molecule has 0 saturated heterocycles. The van der Waals surface area contributed by atoms with Crippen molar-refractivity contribution in [3.05, 3.63) is 30.3 Å². The fraction of sp³-hybridized carbons (Fsp3) is 0.571. The normalized spacial score (nSPS) is 21.5. The molecule has 0 aromatic heterocycles. The fourth-order valence-corrected chi connectivity index (χ4v) is 5.45. The van der Waals surface area contributed by atoms with E-state index in [2.05, 4.69) is 37.3 Å². The summed E-state index contributed by atoms with van der Waals surface area (Å²) in [6.45, 7) is 2.21. The van der Waals surface area contributed by atoms with Crippen molar-refractivity contribution in [2.75, 3.05) is 6.16 Å². The third-order valence-electron chi connectivity index (χ3n) is 3.44. The second-order valence-corrected chi connectivity index (χ2v) is 8.37. The standard InChI is InChI=1S/C14H21O2P/c1-2-17(15-12-8-9-12,16-13-10-11-13)14-6-4-3-5-7-14/h3-7,12-13,17H,2,8-11H2,1H3. The van der Waals surface area contributed by atoms with E-state index < -0.39 is 7.72 Å². The zero-order valence-electron chi connectivity index (χ0n) is 10.4. The van der Waals surface area contributed by atoms with Crippen LogP contribution in [0.1, 0.15) is 32.6 Å². The number of benzene rings is 1. The van der Waals surface area contributed by atoms with Crippen molar-refractivity contribution in [1.29, 1.82) is 0 Å². The minimum absolute atomic E-state index is 0.473. The van der Waals surface area contributed by atoms with Gasteiger partial charge in [-0.2, -0.15) is 0 Å². The van der Waals surface area contributed by atoms with Crippen LogP contribution in [0.15, 0.2) is 30.3 Å². The molecule has 0 amide bonds. The van der Waals surface area contributed by atoms with Crippen LogP contribution in [0.4, 0.5) is 0 Å². The van der Waals surface area contributed by atoms with E-state index in [0.717, 1.165) is 6.16 Å². The molecular formula is C14H21O2P. The van der Waals surface area contributed by atoms with Gasteiger partial charge in [-0.15, -0.1) is 0 Å². The van der Waals surface area contributed by atoms with E-state index in [1.165, 1.54) is 31.0 Å². The Bertz CT molecular complexity index is 357. The Morgan fingerprint density at radius 3 is 1.94 bits per heavy atom. The Balaban J connectivity index is 1.86. The van der Waals surface area contributed by atoms with Crippen LogP contribution in [0.25, 0.3) is 0 Å². The van der Waals surface area contributed by atoms with Crippen LogP contribution in [-0.4, -0.2) is 18.4 Å². The first-order chi connectivity index (χ1) is 8.32. The van der Waals surface area contributed by atoms with Gasteiger partial charge in [0, 0.05) is 0 Å². The zero-order valence-corrected chi connectivity index (χ0v) is 11.4. The molecule has 1 aromatic rings. The van der Waals surface area contributed by atoms with E-state index in [4.69, 9.17) is 9.05 Å². The first-order valence-corrected chi connectivity index (χ1v) is 8.76. The summed E-state index contributed by atoms with van der Waals surface area (Å²) in [4.78, 5) is 0. The average molecular weight is 252 g/mol. The topological polar surface area (TPSA) is 18.5 Å². The van der Waals surface area contributed by atoms with Gasteiger partial charge in [-0.25, -0.2) is 0 Å². The predicted octanol–water partition coefficient (Wildman–Crippen LogP) is 3.27. The van der Waals surface area contributed by atoms with E-state index >= 15 is 0 Å².